The molecule has 0 saturated carbocycles. The molecule has 0 bridgehead atoms. The second kappa shape index (κ2) is 7.73. The van der Waals surface area contributed by atoms with Gasteiger partial charge in [-0.05, 0) is 12.1 Å². The third-order valence-electron chi connectivity index (χ3n) is 4.42. The fourth-order valence-corrected chi connectivity index (χ4v) is 4.62. The van der Waals surface area contributed by atoms with Crippen LogP contribution in [0.5, 0.6) is 5.75 Å². The van der Waals surface area contributed by atoms with Crippen molar-refractivity contribution in [3.05, 3.63) is 24.5 Å². The predicted octanol–water partition coefficient (Wildman–Crippen LogP) is 1.78. The van der Waals surface area contributed by atoms with Crippen LogP contribution in [-0.2, 0) is 11.8 Å². The zero-order valence-electron chi connectivity index (χ0n) is 15.1. The van der Waals surface area contributed by atoms with Crippen molar-refractivity contribution in [2.45, 2.75) is 5.16 Å². The van der Waals surface area contributed by atoms with Crippen LogP contribution in [0.4, 0.5) is 5.13 Å². The minimum Gasteiger partial charge on any atom is -0.494 e. The molecule has 4 rings (SSSR count). The maximum absolute atomic E-state index is 12.3. The molecule has 27 heavy (non-hydrogen) atoms. The van der Waals surface area contributed by atoms with Crippen molar-refractivity contribution in [2.24, 2.45) is 13.0 Å². The molecule has 3 aromatic rings. The van der Waals surface area contributed by atoms with Gasteiger partial charge in [-0.3, -0.25) is 4.79 Å². The van der Waals surface area contributed by atoms with E-state index in [4.69, 9.17) is 4.74 Å². The summed E-state index contributed by atoms with van der Waals surface area (Å²) in [6, 6.07) is 5.92. The van der Waals surface area contributed by atoms with Crippen LogP contribution < -0.4 is 15.0 Å². The number of thioether (sulfide) groups is 1. The van der Waals surface area contributed by atoms with Gasteiger partial charge in [0, 0.05) is 32.4 Å². The van der Waals surface area contributed by atoms with Crippen LogP contribution in [0.25, 0.3) is 10.2 Å². The van der Waals surface area contributed by atoms with Gasteiger partial charge in [-0.15, -0.1) is 10.2 Å². The highest BCUT2D eigenvalue weighted by molar-refractivity contribution is 7.99. The topological polar surface area (TPSA) is 85.2 Å². The van der Waals surface area contributed by atoms with Gasteiger partial charge in [0.15, 0.2) is 10.3 Å². The molecule has 0 radical (unpaired) electrons. The zero-order valence-corrected chi connectivity index (χ0v) is 16.7. The van der Waals surface area contributed by atoms with Crippen LogP contribution in [0.3, 0.4) is 0 Å². The molecule has 1 saturated heterocycles. The van der Waals surface area contributed by atoms with Crippen molar-refractivity contribution in [1.29, 1.82) is 0 Å². The lowest BCUT2D eigenvalue weighted by Gasteiger charge is -2.37. The smallest absolute Gasteiger partial charge is 0.226 e. The molecular weight excluding hydrogens is 384 g/mol. The van der Waals surface area contributed by atoms with E-state index in [0.717, 1.165) is 32.0 Å². The lowest BCUT2D eigenvalue weighted by atomic mass is 10.0. The van der Waals surface area contributed by atoms with Crippen LogP contribution >= 0.6 is 23.1 Å². The standard InChI is InChI=1S/C17H20N6O2S2/c1-22-10-19-21-17(22)26-7-6-18-15(24)11-8-23(9-11)16-20-14-12(25-2)4-3-5-13(14)27-16/h3-5,10-11H,6-9H2,1-2H3,(H,18,24). The molecule has 1 aliphatic heterocycles. The number of hydrogen-bond acceptors (Lipinski definition) is 8. The molecule has 2 aromatic heterocycles. The average molecular weight is 405 g/mol. The van der Waals surface area contributed by atoms with Gasteiger partial charge >= 0.3 is 0 Å². The average Bonchev–Trinajstić information content (AvgIpc) is 3.23. The Morgan fingerprint density at radius 1 is 1.44 bits per heavy atom. The van der Waals surface area contributed by atoms with Gasteiger partial charge in [-0.2, -0.15) is 0 Å². The van der Waals surface area contributed by atoms with E-state index in [1.165, 1.54) is 0 Å². The Hall–Kier alpha value is -2.33. The number of para-hydroxylation sites is 1. The highest BCUT2D eigenvalue weighted by Gasteiger charge is 2.34. The lowest BCUT2D eigenvalue weighted by molar-refractivity contribution is -0.125. The van der Waals surface area contributed by atoms with E-state index in [1.54, 1.807) is 36.5 Å². The summed E-state index contributed by atoms with van der Waals surface area (Å²) < 4.78 is 8.33. The van der Waals surface area contributed by atoms with Gasteiger partial charge < -0.3 is 19.5 Å². The zero-order chi connectivity index (χ0) is 18.8. The highest BCUT2D eigenvalue weighted by Crippen LogP contribution is 2.36. The summed E-state index contributed by atoms with van der Waals surface area (Å²) in [4.78, 5) is 19.1. The Balaban J connectivity index is 1.25. The van der Waals surface area contributed by atoms with E-state index in [2.05, 4.69) is 25.4 Å². The largest absolute Gasteiger partial charge is 0.494 e. The molecule has 0 atom stereocenters. The number of ether oxygens (including phenoxy) is 1. The lowest BCUT2D eigenvalue weighted by Crippen LogP contribution is -2.54. The summed E-state index contributed by atoms with van der Waals surface area (Å²) in [7, 11) is 3.56. The van der Waals surface area contributed by atoms with E-state index in [0.29, 0.717) is 19.6 Å². The summed E-state index contributed by atoms with van der Waals surface area (Å²) in [6.45, 7) is 2.01. The van der Waals surface area contributed by atoms with E-state index >= 15 is 0 Å². The fourth-order valence-electron chi connectivity index (χ4n) is 2.88. The number of anilines is 1. The van der Waals surface area contributed by atoms with Crippen molar-refractivity contribution in [1.82, 2.24) is 25.1 Å². The first kappa shape index (κ1) is 18.1. The number of thiazole rings is 1. The van der Waals surface area contributed by atoms with Crippen LogP contribution in [0.2, 0.25) is 0 Å². The third-order valence-corrected chi connectivity index (χ3v) is 6.53. The number of benzene rings is 1. The molecule has 1 aliphatic rings. The van der Waals surface area contributed by atoms with Crippen molar-refractivity contribution >= 4 is 44.4 Å². The number of rotatable bonds is 7. The van der Waals surface area contributed by atoms with Crippen LogP contribution in [0, 0.1) is 5.92 Å². The minimum atomic E-state index is 0.0127. The molecule has 10 heteroatoms. The van der Waals surface area contributed by atoms with Crippen LogP contribution in [0.1, 0.15) is 0 Å². The molecular formula is C17H20N6O2S2. The molecule has 8 nitrogen and oxygen atoms in total. The van der Waals surface area contributed by atoms with Crippen molar-refractivity contribution in [2.75, 3.05) is 37.4 Å². The van der Waals surface area contributed by atoms with E-state index in [9.17, 15) is 4.79 Å². The number of aromatic nitrogens is 4. The van der Waals surface area contributed by atoms with E-state index < -0.39 is 0 Å². The van der Waals surface area contributed by atoms with Gasteiger partial charge in [0.05, 0.1) is 17.7 Å². The van der Waals surface area contributed by atoms with Gasteiger partial charge in [0.1, 0.15) is 17.6 Å². The minimum absolute atomic E-state index is 0.0127. The fraction of sp³-hybridized carbons (Fsp3) is 0.412. The molecule has 0 spiro atoms. The Morgan fingerprint density at radius 3 is 3.04 bits per heavy atom. The number of nitrogens with zero attached hydrogens (tertiary/aromatic N) is 5. The quantitative estimate of drug-likeness (QED) is 0.474. The molecule has 142 valence electrons. The molecule has 0 aliphatic carbocycles. The van der Waals surface area contributed by atoms with E-state index in [1.807, 2.05) is 29.8 Å². The van der Waals surface area contributed by atoms with Gasteiger partial charge in [0.25, 0.3) is 0 Å². The van der Waals surface area contributed by atoms with Crippen LogP contribution in [0.15, 0.2) is 29.7 Å². The monoisotopic (exact) mass is 404 g/mol. The predicted molar refractivity (Wildman–Crippen MR) is 107 cm³/mol. The van der Waals surface area contributed by atoms with Crippen molar-refractivity contribution < 1.29 is 9.53 Å². The molecule has 1 N–H and O–H groups in total. The number of carbonyl (C=O) groups is 1. The second-order valence-electron chi connectivity index (χ2n) is 6.27. The number of amides is 1. The summed E-state index contributed by atoms with van der Waals surface area (Å²) in [5.74, 6) is 1.67. The first-order valence-electron chi connectivity index (χ1n) is 8.58. The maximum atomic E-state index is 12.3. The summed E-state index contributed by atoms with van der Waals surface area (Å²) >= 11 is 3.21. The normalized spacial score (nSPS) is 14.4. The molecule has 3 heterocycles. The number of methoxy groups -OCH3 is 1. The summed E-state index contributed by atoms with van der Waals surface area (Å²) in [6.07, 6.45) is 1.67. The molecule has 1 amide bonds. The van der Waals surface area contributed by atoms with E-state index in [-0.39, 0.29) is 11.8 Å². The van der Waals surface area contributed by atoms with Crippen molar-refractivity contribution in [3.8, 4) is 5.75 Å². The maximum Gasteiger partial charge on any atom is 0.226 e. The molecule has 1 aromatic carbocycles. The Bertz CT molecular complexity index is 950. The summed E-state index contributed by atoms with van der Waals surface area (Å²) in [5, 5.41) is 12.6. The Labute approximate surface area is 164 Å². The first-order valence-corrected chi connectivity index (χ1v) is 10.4. The van der Waals surface area contributed by atoms with Crippen molar-refractivity contribution in [3.63, 3.8) is 0 Å². The number of carbonyl (C=O) groups excluding carboxylic acids is 1. The molecule has 0 unspecified atom stereocenters. The number of hydrogen-bond donors (Lipinski definition) is 1. The second-order valence-corrected chi connectivity index (χ2v) is 8.34. The van der Waals surface area contributed by atoms with Crippen LogP contribution in [-0.4, -0.2) is 58.2 Å². The van der Waals surface area contributed by atoms with Gasteiger partial charge in [0.2, 0.25) is 5.91 Å². The third kappa shape index (κ3) is 3.72. The number of aryl methyl sites for hydroxylation is 1. The highest BCUT2D eigenvalue weighted by atomic mass is 32.2. The first-order chi connectivity index (χ1) is 13.2. The SMILES string of the molecule is COc1cccc2sc(N3CC(C(=O)NCCSc4nncn4C)C3)nc12. The molecule has 1 fully saturated rings. The van der Waals surface area contributed by atoms with Gasteiger partial charge in [-0.1, -0.05) is 29.2 Å². The number of fused-ring (bicyclic) bond motifs is 1. The summed E-state index contributed by atoms with van der Waals surface area (Å²) in [5.41, 5.74) is 0.883. The number of nitrogens with one attached hydrogen (secondary N) is 1. The van der Waals surface area contributed by atoms with Gasteiger partial charge in [-0.25, -0.2) is 4.98 Å². The Morgan fingerprint density at radius 2 is 2.30 bits per heavy atom. The Kier molecular flexibility index (Phi) is 5.17.